The van der Waals surface area contributed by atoms with Crippen LogP contribution in [0.15, 0.2) is 65.0 Å². The normalized spacial score (nSPS) is 16.0. The Morgan fingerprint density at radius 3 is 2.64 bits per heavy atom. The second-order valence-corrected chi connectivity index (χ2v) is 6.34. The number of hydrogen-bond donors (Lipinski definition) is 1. The Labute approximate surface area is 160 Å². The first-order valence-electron chi connectivity index (χ1n) is 8.54. The largest absolute Gasteiger partial charge is 0.467 e. The van der Waals surface area contributed by atoms with Gasteiger partial charge in [-0.3, -0.25) is 19.8 Å². The average Bonchev–Trinajstić information content (AvgIpc) is 3.35. The molecule has 0 atom stereocenters. The van der Waals surface area contributed by atoms with Crippen molar-refractivity contribution in [2.75, 3.05) is 0 Å². The van der Waals surface area contributed by atoms with Gasteiger partial charge in [0.15, 0.2) is 0 Å². The van der Waals surface area contributed by atoms with E-state index in [0.717, 1.165) is 16.2 Å². The predicted octanol–water partition coefficient (Wildman–Crippen LogP) is 2.44. The Morgan fingerprint density at radius 1 is 1.14 bits per heavy atom. The minimum absolute atomic E-state index is 0.0646. The molecule has 3 heterocycles. The number of aryl methyl sites for hydroxylation is 1. The van der Waals surface area contributed by atoms with Gasteiger partial charge in [0.2, 0.25) is 0 Å². The third kappa shape index (κ3) is 3.35. The monoisotopic (exact) mass is 376 g/mol. The Balaban J connectivity index is 1.61. The van der Waals surface area contributed by atoms with E-state index in [0.29, 0.717) is 11.3 Å². The average molecular weight is 376 g/mol. The number of furan rings is 1. The number of hydrogen-bond acceptors (Lipinski definition) is 5. The lowest BCUT2D eigenvalue weighted by atomic mass is 10.1. The van der Waals surface area contributed by atoms with Crippen molar-refractivity contribution in [1.82, 2.24) is 20.0 Å². The molecule has 1 aliphatic heterocycles. The molecule has 1 fully saturated rings. The number of urea groups is 1. The molecule has 4 amide bonds. The first-order chi connectivity index (χ1) is 13.5. The molecule has 1 saturated heterocycles. The third-order valence-corrected chi connectivity index (χ3v) is 4.29. The Bertz CT molecular complexity index is 1080. The summed E-state index contributed by atoms with van der Waals surface area (Å²) in [4.78, 5) is 37.9. The fourth-order valence-electron chi connectivity index (χ4n) is 2.81. The number of benzene rings is 1. The fraction of sp³-hybridized carbons (Fsp3) is 0.100. The quantitative estimate of drug-likeness (QED) is 0.557. The van der Waals surface area contributed by atoms with Crippen LogP contribution in [-0.2, 0) is 16.1 Å². The maximum Gasteiger partial charge on any atom is 0.331 e. The van der Waals surface area contributed by atoms with Gasteiger partial charge in [-0.25, -0.2) is 9.48 Å². The molecule has 1 aromatic carbocycles. The van der Waals surface area contributed by atoms with Crippen LogP contribution in [-0.4, -0.2) is 32.5 Å². The van der Waals surface area contributed by atoms with Crippen LogP contribution < -0.4 is 5.32 Å². The Kier molecular flexibility index (Phi) is 4.36. The summed E-state index contributed by atoms with van der Waals surface area (Å²) in [7, 11) is 0. The van der Waals surface area contributed by atoms with Crippen LogP contribution in [0, 0.1) is 6.92 Å². The van der Waals surface area contributed by atoms with E-state index in [9.17, 15) is 14.4 Å². The summed E-state index contributed by atoms with van der Waals surface area (Å²) in [6.45, 7) is 1.93. The molecule has 0 aliphatic carbocycles. The van der Waals surface area contributed by atoms with E-state index in [-0.39, 0.29) is 12.1 Å². The molecule has 8 heteroatoms. The molecule has 1 N–H and O–H groups in total. The highest BCUT2D eigenvalue weighted by molar-refractivity contribution is 6.30. The Hall–Kier alpha value is -3.94. The summed E-state index contributed by atoms with van der Waals surface area (Å²) in [5.41, 5.74) is 2.40. The highest BCUT2D eigenvalue weighted by Gasteiger charge is 2.36. The van der Waals surface area contributed by atoms with Gasteiger partial charge in [-0.2, -0.15) is 5.10 Å². The summed E-state index contributed by atoms with van der Waals surface area (Å²) in [6.07, 6.45) is 6.10. The van der Waals surface area contributed by atoms with Crippen molar-refractivity contribution < 1.29 is 18.8 Å². The maximum absolute atomic E-state index is 12.7. The first-order valence-corrected chi connectivity index (χ1v) is 8.54. The molecule has 0 radical (unpaired) electrons. The molecule has 3 aromatic rings. The van der Waals surface area contributed by atoms with Gasteiger partial charge in [0.05, 0.1) is 24.7 Å². The molecule has 2 aromatic heterocycles. The molecule has 140 valence electrons. The number of barbiturate groups is 1. The minimum Gasteiger partial charge on any atom is -0.467 e. The van der Waals surface area contributed by atoms with Crippen molar-refractivity contribution in [1.29, 1.82) is 0 Å². The highest BCUT2D eigenvalue weighted by atomic mass is 16.3. The molecule has 1 aliphatic rings. The topological polar surface area (TPSA) is 97.4 Å². The van der Waals surface area contributed by atoms with Gasteiger partial charge in [-0.1, -0.05) is 17.7 Å². The smallest absolute Gasteiger partial charge is 0.331 e. The van der Waals surface area contributed by atoms with Crippen LogP contribution in [0.4, 0.5) is 4.79 Å². The zero-order chi connectivity index (χ0) is 19.7. The van der Waals surface area contributed by atoms with E-state index in [1.807, 2.05) is 31.2 Å². The lowest BCUT2D eigenvalue weighted by Gasteiger charge is -2.25. The van der Waals surface area contributed by atoms with Crippen molar-refractivity contribution in [3.05, 3.63) is 77.5 Å². The zero-order valence-corrected chi connectivity index (χ0v) is 15.0. The molecular formula is C20H16N4O4. The first kappa shape index (κ1) is 17.5. The molecule has 0 saturated carbocycles. The number of imide groups is 2. The number of carbonyl (C=O) groups is 3. The van der Waals surface area contributed by atoms with Crippen LogP contribution in [0.1, 0.15) is 16.9 Å². The van der Waals surface area contributed by atoms with E-state index in [2.05, 4.69) is 10.4 Å². The van der Waals surface area contributed by atoms with Crippen molar-refractivity contribution in [2.24, 2.45) is 0 Å². The molecule has 8 nitrogen and oxygen atoms in total. The third-order valence-electron chi connectivity index (χ3n) is 4.29. The van der Waals surface area contributed by atoms with Gasteiger partial charge in [-0.15, -0.1) is 0 Å². The van der Waals surface area contributed by atoms with E-state index in [4.69, 9.17) is 4.42 Å². The predicted molar refractivity (Wildman–Crippen MR) is 99.1 cm³/mol. The van der Waals surface area contributed by atoms with E-state index >= 15 is 0 Å². The fourth-order valence-corrected chi connectivity index (χ4v) is 2.81. The molecule has 0 unspecified atom stereocenters. The molecular weight excluding hydrogens is 360 g/mol. The van der Waals surface area contributed by atoms with Crippen LogP contribution in [0.3, 0.4) is 0 Å². The van der Waals surface area contributed by atoms with Crippen LogP contribution in [0.5, 0.6) is 0 Å². The summed E-state index contributed by atoms with van der Waals surface area (Å²) >= 11 is 0. The van der Waals surface area contributed by atoms with Crippen LogP contribution >= 0.6 is 0 Å². The van der Waals surface area contributed by atoms with Gasteiger partial charge in [0, 0.05) is 11.8 Å². The van der Waals surface area contributed by atoms with Crippen molar-refractivity contribution in [2.45, 2.75) is 13.5 Å². The number of carbonyl (C=O) groups excluding carboxylic acids is 3. The van der Waals surface area contributed by atoms with Crippen molar-refractivity contribution in [3.8, 4) is 5.69 Å². The second-order valence-electron chi connectivity index (χ2n) is 6.34. The van der Waals surface area contributed by atoms with Gasteiger partial charge < -0.3 is 4.42 Å². The Morgan fingerprint density at radius 2 is 1.93 bits per heavy atom. The SMILES string of the molecule is Cc1ccc(-n2cc(C=C3C(=O)NC(=O)N(Cc4ccco4)C3=O)cn2)cc1. The summed E-state index contributed by atoms with van der Waals surface area (Å²) in [5, 5.41) is 6.44. The number of aromatic nitrogens is 2. The number of nitrogens with zero attached hydrogens (tertiary/aromatic N) is 3. The number of nitrogens with one attached hydrogen (secondary N) is 1. The molecule has 28 heavy (non-hydrogen) atoms. The molecule has 0 spiro atoms. The van der Waals surface area contributed by atoms with Crippen molar-refractivity contribution >= 4 is 23.9 Å². The van der Waals surface area contributed by atoms with Crippen LogP contribution in [0.25, 0.3) is 11.8 Å². The minimum atomic E-state index is -0.779. The zero-order valence-electron chi connectivity index (χ0n) is 15.0. The summed E-state index contributed by atoms with van der Waals surface area (Å²) in [5.74, 6) is -0.994. The van der Waals surface area contributed by atoms with Crippen LogP contribution in [0.2, 0.25) is 0 Å². The molecule has 0 bridgehead atoms. The van der Waals surface area contributed by atoms with Gasteiger partial charge in [0.25, 0.3) is 11.8 Å². The van der Waals surface area contributed by atoms with E-state index in [1.165, 1.54) is 12.3 Å². The van der Waals surface area contributed by atoms with Gasteiger partial charge >= 0.3 is 6.03 Å². The lowest BCUT2D eigenvalue weighted by Crippen LogP contribution is -2.53. The lowest BCUT2D eigenvalue weighted by molar-refractivity contribution is -0.130. The standard InChI is InChI=1S/C20H16N4O4/c1-13-4-6-15(7-5-13)24-11-14(10-21-24)9-17-18(25)22-20(27)23(19(17)26)12-16-3-2-8-28-16/h2-11H,12H2,1H3,(H,22,25,27). The van der Waals surface area contributed by atoms with Crippen molar-refractivity contribution in [3.63, 3.8) is 0 Å². The second kappa shape index (κ2) is 6.99. The summed E-state index contributed by atoms with van der Waals surface area (Å²) < 4.78 is 6.82. The van der Waals surface area contributed by atoms with Gasteiger partial charge in [0.1, 0.15) is 11.3 Å². The number of amides is 4. The summed E-state index contributed by atoms with van der Waals surface area (Å²) in [6, 6.07) is 10.3. The number of rotatable bonds is 4. The van der Waals surface area contributed by atoms with E-state index in [1.54, 1.807) is 29.2 Å². The highest BCUT2D eigenvalue weighted by Crippen LogP contribution is 2.18. The molecule has 4 rings (SSSR count). The van der Waals surface area contributed by atoms with E-state index < -0.39 is 17.8 Å². The van der Waals surface area contributed by atoms with Gasteiger partial charge in [-0.05, 0) is 37.3 Å². The maximum atomic E-state index is 12.7.